The lowest BCUT2D eigenvalue weighted by Crippen LogP contribution is -2.41. The lowest BCUT2D eigenvalue weighted by Gasteiger charge is -2.11. The Labute approximate surface area is 80.5 Å². The summed E-state index contributed by atoms with van der Waals surface area (Å²) in [5, 5.41) is 11.4. The number of likely N-dealkylation sites (N-methyl/N-ethyl adjacent to an activating group) is 1. The van der Waals surface area contributed by atoms with Gasteiger partial charge in [-0.3, -0.25) is 9.00 Å². The third-order valence-electron chi connectivity index (χ3n) is 1.40. The molecule has 0 amide bonds. The van der Waals surface area contributed by atoms with Gasteiger partial charge in [0.25, 0.3) is 0 Å². The van der Waals surface area contributed by atoms with Crippen molar-refractivity contribution in [2.24, 2.45) is 0 Å². The van der Waals surface area contributed by atoms with Crippen molar-refractivity contribution in [1.82, 2.24) is 5.32 Å². The molecule has 13 heavy (non-hydrogen) atoms. The molecule has 0 rings (SSSR count). The highest BCUT2D eigenvalue weighted by Crippen LogP contribution is 1.91. The molecule has 2 N–H and O–H groups in total. The lowest BCUT2D eigenvalue weighted by molar-refractivity contribution is -0.138. The van der Waals surface area contributed by atoms with E-state index in [4.69, 9.17) is 5.11 Å². The van der Waals surface area contributed by atoms with Gasteiger partial charge in [0, 0.05) is 22.3 Å². The highest BCUT2D eigenvalue weighted by molar-refractivity contribution is 7.85. The molecule has 0 fully saturated rings. The Morgan fingerprint density at radius 1 is 1.77 bits per heavy atom. The molecule has 5 heteroatoms. The predicted octanol–water partition coefficient (Wildman–Crippen LogP) is -0.0162. The topological polar surface area (TPSA) is 66.4 Å². The summed E-state index contributed by atoms with van der Waals surface area (Å²) in [6.45, 7) is 5.81. The van der Waals surface area contributed by atoms with Crippen LogP contribution in [0, 0.1) is 0 Å². The summed E-state index contributed by atoms with van der Waals surface area (Å²) in [7, 11) is -1.13. The minimum atomic E-state index is -1.13. The molecule has 2 unspecified atom stereocenters. The molecule has 0 aliphatic heterocycles. The molecule has 0 aromatic rings. The molecule has 0 bridgehead atoms. The highest BCUT2D eigenvalue weighted by Gasteiger charge is 2.17. The summed E-state index contributed by atoms with van der Waals surface area (Å²) >= 11 is 0. The van der Waals surface area contributed by atoms with Crippen molar-refractivity contribution in [2.75, 3.05) is 18.1 Å². The zero-order chi connectivity index (χ0) is 10.3. The molecule has 2 atom stereocenters. The van der Waals surface area contributed by atoms with Gasteiger partial charge in [0.1, 0.15) is 6.04 Å². The van der Waals surface area contributed by atoms with Crippen LogP contribution in [0.1, 0.15) is 6.92 Å². The van der Waals surface area contributed by atoms with E-state index in [1.165, 1.54) is 6.08 Å². The van der Waals surface area contributed by atoms with Crippen LogP contribution in [0.25, 0.3) is 0 Å². The zero-order valence-corrected chi connectivity index (χ0v) is 8.47. The number of carbonyl (C=O) groups is 1. The summed E-state index contributed by atoms with van der Waals surface area (Å²) < 4.78 is 11.2. The van der Waals surface area contributed by atoms with E-state index >= 15 is 0 Å². The van der Waals surface area contributed by atoms with Gasteiger partial charge in [-0.1, -0.05) is 13.0 Å². The molecule has 0 heterocycles. The standard InChI is InChI=1S/C8H15NO3S/c1-3-5-13(12)6-7(8(10)11)9-4-2/h3,7,9H,1,4-6H2,2H3,(H,10,11). The molecule has 0 aromatic carbocycles. The zero-order valence-electron chi connectivity index (χ0n) is 7.66. The predicted molar refractivity (Wildman–Crippen MR) is 53.2 cm³/mol. The number of hydrogen-bond acceptors (Lipinski definition) is 3. The van der Waals surface area contributed by atoms with Gasteiger partial charge >= 0.3 is 5.97 Å². The van der Waals surface area contributed by atoms with E-state index in [9.17, 15) is 9.00 Å². The maximum absolute atomic E-state index is 11.2. The Kier molecular flexibility index (Phi) is 6.44. The molecule has 4 nitrogen and oxygen atoms in total. The number of nitrogens with one attached hydrogen (secondary N) is 1. The molecule has 0 saturated carbocycles. The Morgan fingerprint density at radius 2 is 2.38 bits per heavy atom. The molecular weight excluding hydrogens is 190 g/mol. The van der Waals surface area contributed by atoms with Crippen LogP contribution in [-0.4, -0.2) is 39.4 Å². The fourth-order valence-corrected chi connectivity index (χ4v) is 1.88. The average molecular weight is 205 g/mol. The van der Waals surface area contributed by atoms with E-state index in [2.05, 4.69) is 11.9 Å². The number of aliphatic carboxylic acids is 1. The van der Waals surface area contributed by atoms with E-state index in [1.54, 1.807) is 0 Å². The molecule has 0 aliphatic carbocycles. The number of carboxylic acids is 1. The highest BCUT2D eigenvalue weighted by atomic mass is 32.2. The Bertz CT molecular complexity index is 206. The second-order valence-electron chi connectivity index (χ2n) is 2.51. The van der Waals surface area contributed by atoms with Crippen LogP contribution in [-0.2, 0) is 15.6 Å². The summed E-state index contributed by atoms with van der Waals surface area (Å²) in [5.41, 5.74) is 0. The van der Waals surface area contributed by atoms with Crippen molar-refractivity contribution in [1.29, 1.82) is 0 Å². The third kappa shape index (κ3) is 5.54. The molecule has 0 aromatic heterocycles. The quantitative estimate of drug-likeness (QED) is 0.573. The van der Waals surface area contributed by atoms with E-state index in [1.807, 2.05) is 6.92 Å². The number of rotatable bonds is 7. The summed E-state index contributed by atoms with van der Waals surface area (Å²) in [6, 6.07) is -0.717. The minimum Gasteiger partial charge on any atom is -0.480 e. The normalized spacial score (nSPS) is 14.8. The second-order valence-corrected chi connectivity index (χ2v) is 4.06. The van der Waals surface area contributed by atoms with Crippen molar-refractivity contribution in [3.8, 4) is 0 Å². The summed E-state index contributed by atoms with van der Waals surface area (Å²) in [6.07, 6.45) is 1.53. The first-order chi connectivity index (χ1) is 6.11. The SMILES string of the molecule is C=CCS(=O)CC(NCC)C(=O)O. The van der Waals surface area contributed by atoms with Crippen LogP contribution in [0.4, 0.5) is 0 Å². The van der Waals surface area contributed by atoms with Crippen molar-refractivity contribution < 1.29 is 14.1 Å². The number of carboxylic acid groups (broad SMARTS) is 1. The van der Waals surface area contributed by atoms with Gasteiger partial charge in [-0.15, -0.1) is 6.58 Å². The maximum atomic E-state index is 11.2. The van der Waals surface area contributed by atoms with Crippen LogP contribution in [0.3, 0.4) is 0 Å². The van der Waals surface area contributed by atoms with Crippen molar-refractivity contribution in [3.63, 3.8) is 0 Å². The van der Waals surface area contributed by atoms with Crippen LogP contribution < -0.4 is 5.32 Å². The van der Waals surface area contributed by atoms with Gasteiger partial charge < -0.3 is 10.4 Å². The monoisotopic (exact) mass is 205 g/mol. The van der Waals surface area contributed by atoms with Gasteiger partial charge in [-0.2, -0.15) is 0 Å². The molecule has 76 valence electrons. The fourth-order valence-electron chi connectivity index (χ4n) is 0.849. The first-order valence-corrected chi connectivity index (χ1v) is 5.52. The van der Waals surface area contributed by atoms with Crippen LogP contribution in [0.5, 0.6) is 0 Å². The Morgan fingerprint density at radius 3 is 2.77 bits per heavy atom. The average Bonchev–Trinajstić information content (AvgIpc) is 2.04. The Hall–Kier alpha value is -0.680. The molecule has 0 aliphatic rings. The maximum Gasteiger partial charge on any atom is 0.321 e. The van der Waals surface area contributed by atoms with Crippen LogP contribution in [0.2, 0.25) is 0 Å². The van der Waals surface area contributed by atoms with Crippen molar-refractivity contribution in [3.05, 3.63) is 12.7 Å². The van der Waals surface area contributed by atoms with Gasteiger partial charge in [0.15, 0.2) is 0 Å². The molecule has 0 radical (unpaired) electrons. The first kappa shape index (κ1) is 12.3. The second kappa shape index (κ2) is 6.80. The van der Waals surface area contributed by atoms with Crippen LogP contribution >= 0.6 is 0 Å². The smallest absolute Gasteiger partial charge is 0.321 e. The van der Waals surface area contributed by atoms with Gasteiger partial charge in [0.2, 0.25) is 0 Å². The third-order valence-corrected chi connectivity index (χ3v) is 2.72. The van der Waals surface area contributed by atoms with E-state index in [-0.39, 0.29) is 5.75 Å². The minimum absolute atomic E-state index is 0.134. The first-order valence-electron chi connectivity index (χ1n) is 4.03. The molecule has 0 saturated heterocycles. The van der Waals surface area contributed by atoms with Gasteiger partial charge in [-0.05, 0) is 6.54 Å². The number of hydrogen-bond donors (Lipinski definition) is 2. The van der Waals surface area contributed by atoms with Gasteiger partial charge in [0.05, 0.1) is 0 Å². The largest absolute Gasteiger partial charge is 0.480 e. The van der Waals surface area contributed by atoms with E-state index in [0.29, 0.717) is 12.3 Å². The summed E-state index contributed by atoms with van der Waals surface area (Å²) in [4.78, 5) is 10.6. The molecule has 0 spiro atoms. The van der Waals surface area contributed by atoms with E-state index < -0.39 is 22.8 Å². The Balaban J connectivity index is 4.01. The summed E-state index contributed by atoms with van der Waals surface area (Å²) in [5.74, 6) is -0.482. The van der Waals surface area contributed by atoms with Crippen LogP contribution in [0.15, 0.2) is 12.7 Å². The van der Waals surface area contributed by atoms with Crippen molar-refractivity contribution >= 4 is 16.8 Å². The fraction of sp³-hybridized carbons (Fsp3) is 0.625. The van der Waals surface area contributed by atoms with Crippen molar-refractivity contribution in [2.45, 2.75) is 13.0 Å². The van der Waals surface area contributed by atoms with E-state index in [0.717, 1.165) is 0 Å². The lowest BCUT2D eigenvalue weighted by atomic mass is 10.3. The van der Waals surface area contributed by atoms with Gasteiger partial charge in [-0.25, -0.2) is 0 Å². The molecular formula is C8H15NO3S.